The van der Waals surface area contributed by atoms with Gasteiger partial charge in [0.1, 0.15) is 4.90 Å². The molecule has 0 amide bonds. The third-order valence-electron chi connectivity index (χ3n) is 4.34. The Labute approximate surface area is 116 Å². The van der Waals surface area contributed by atoms with Gasteiger partial charge < -0.3 is 0 Å². The van der Waals surface area contributed by atoms with Gasteiger partial charge in [0.15, 0.2) is 0 Å². The lowest BCUT2D eigenvalue weighted by Gasteiger charge is -2.18. The van der Waals surface area contributed by atoms with E-state index in [1.807, 2.05) is 34.6 Å². The fourth-order valence-corrected chi connectivity index (χ4v) is 3.92. The Morgan fingerprint density at radius 2 is 1.32 bits per heavy atom. The summed E-state index contributed by atoms with van der Waals surface area (Å²) in [6.07, 6.45) is 2.17. The molecule has 1 fully saturated rings. The molecule has 3 nitrogen and oxygen atoms in total. The van der Waals surface area contributed by atoms with Gasteiger partial charge in [-0.15, -0.1) is 0 Å². The van der Waals surface area contributed by atoms with Crippen molar-refractivity contribution < 1.29 is 12.6 Å². The van der Waals surface area contributed by atoms with Crippen LogP contribution in [0, 0.1) is 40.5 Å². The smallest absolute Gasteiger partial charge is 0.266 e. The first-order chi connectivity index (χ1) is 8.75. The first-order valence-corrected chi connectivity index (χ1v) is 8.13. The maximum atomic E-state index is 12.4. The van der Waals surface area contributed by atoms with Gasteiger partial charge in [-0.2, -0.15) is 8.42 Å². The molecule has 0 radical (unpaired) electrons. The molecule has 0 unspecified atom stereocenters. The molecule has 0 atom stereocenters. The lowest BCUT2D eigenvalue weighted by Crippen LogP contribution is -2.14. The van der Waals surface area contributed by atoms with Crippen LogP contribution in [0.2, 0.25) is 0 Å². The minimum atomic E-state index is -3.64. The summed E-state index contributed by atoms with van der Waals surface area (Å²) < 4.78 is 30.0. The lowest BCUT2D eigenvalue weighted by atomic mass is 9.95. The second-order valence-electron chi connectivity index (χ2n) is 5.64. The van der Waals surface area contributed by atoms with Crippen molar-refractivity contribution in [2.45, 2.75) is 52.4 Å². The van der Waals surface area contributed by atoms with Crippen LogP contribution in [0.5, 0.6) is 0 Å². The van der Waals surface area contributed by atoms with Crippen molar-refractivity contribution in [1.29, 1.82) is 0 Å². The van der Waals surface area contributed by atoms with E-state index in [2.05, 4.69) is 0 Å². The molecule has 1 aliphatic carbocycles. The van der Waals surface area contributed by atoms with Crippen molar-refractivity contribution in [3.63, 3.8) is 0 Å². The summed E-state index contributed by atoms with van der Waals surface area (Å²) in [6, 6.07) is 0. The van der Waals surface area contributed by atoms with Crippen LogP contribution in [0.1, 0.15) is 40.7 Å². The third kappa shape index (κ3) is 2.70. The van der Waals surface area contributed by atoms with Gasteiger partial charge in [-0.05, 0) is 81.2 Å². The summed E-state index contributed by atoms with van der Waals surface area (Å²) in [5.41, 5.74) is 4.87. The average Bonchev–Trinajstić information content (AvgIpc) is 3.15. The van der Waals surface area contributed by atoms with Crippen LogP contribution in [-0.4, -0.2) is 15.0 Å². The van der Waals surface area contributed by atoms with Gasteiger partial charge in [0.05, 0.1) is 6.61 Å². The summed E-state index contributed by atoms with van der Waals surface area (Å²) in [7, 11) is -3.64. The first kappa shape index (κ1) is 14.5. The van der Waals surface area contributed by atoms with Crippen molar-refractivity contribution >= 4 is 10.1 Å². The SMILES string of the molecule is Cc1c(C)c(C)c(S(=O)(=O)OCC2CC2)c(C)c1C. The van der Waals surface area contributed by atoms with E-state index >= 15 is 0 Å². The molecule has 1 aromatic rings. The predicted molar refractivity (Wildman–Crippen MR) is 76.0 cm³/mol. The monoisotopic (exact) mass is 282 g/mol. The Morgan fingerprint density at radius 3 is 1.74 bits per heavy atom. The molecule has 106 valence electrons. The Morgan fingerprint density at radius 1 is 0.895 bits per heavy atom. The van der Waals surface area contributed by atoms with Gasteiger partial charge in [0.2, 0.25) is 0 Å². The van der Waals surface area contributed by atoms with Crippen LogP contribution in [0.15, 0.2) is 4.90 Å². The Bertz CT molecular complexity index is 582. The zero-order valence-electron chi connectivity index (χ0n) is 12.3. The summed E-state index contributed by atoms with van der Waals surface area (Å²) in [4.78, 5) is 0.369. The second-order valence-corrected chi connectivity index (χ2v) is 7.19. The molecule has 4 heteroatoms. The number of hydrogen-bond acceptors (Lipinski definition) is 3. The molecule has 1 saturated carbocycles. The molecule has 2 rings (SSSR count). The molecule has 0 aliphatic heterocycles. The highest BCUT2D eigenvalue weighted by Gasteiger charge is 2.28. The van der Waals surface area contributed by atoms with Crippen LogP contribution >= 0.6 is 0 Å². The van der Waals surface area contributed by atoms with Crippen LogP contribution in [-0.2, 0) is 14.3 Å². The predicted octanol–water partition coefficient (Wildman–Crippen LogP) is 3.34. The van der Waals surface area contributed by atoms with Gasteiger partial charge in [-0.1, -0.05) is 0 Å². The molecule has 0 N–H and O–H groups in total. The highest BCUT2D eigenvalue weighted by Crippen LogP contribution is 2.33. The van der Waals surface area contributed by atoms with E-state index in [9.17, 15) is 8.42 Å². The van der Waals surface area contributed by atoms with Crippen molar-refractivity contribution in [2.24, 2.45) is 5.92 Å². The van der Waals surface area contributed by atoms with Crippen LogP contribution in [0.25, 0.3) is 0 Å². The van der Waals surface area contributed by atoms with E-state index < -0.39 is 10.1 Å². The molecule has 0 aromatic heterocycles. The molecule has 19 heavy (non-hydrogen) atoms. The van der Waals surface area contributed by atoms with E-state index in [0.29, 0.717) is 17.4 Å². The van der Waals surface area contributed by atoms with Gasteiger partial charge in [0.25, 0.3) is 10.1 Å². The molecule has 0 heterocycles. The van der Waals surface area contributed by atoms with Crippen LogP contribution in [0.3, 0.4) is 0 Å². The van der Waals surface area contributed by atoms with Crippen LogP contribution < -0.4 is 0 Å². The maximum absolute atomic E-state index is 12.4. The summed E-state index contributed by atoms with van der Waals surface area (Å²) in [5.74, 6) is 0.433. The largest absolute Gasteiger partial charge is 0.297 e. The highest BCUT2D eigenvalue weighted by atomic mass is 32.2. The Balaban J connectivity index is 2.48. The third-order valence-corrected chi connectivity index (χ3v) is 5.90. The van der Waals surface area contributed by atoms with Crippen molar-refractivity contribution in [2.75, 3.05) is 6.61 Å². The van der Waals surface area contributed by atoms with E-state index in [1.54, 1.807) is 0 Å². The van der Waals surface area contributed by atoms with Gasteiger partial charge in [0, 0.05) is 0 Å². The Kier molecular flexibility index (Phi) is 3.76. The lowest BCUT2D eigenvalue weighted by molar-refractivity contribution is 0.301. The molecule has 0 spiro atoms. The standard InChI is InChI=1S/C15H22O3S/c1-9-10(2)12(4)15(13(5)11(9)3)19(16,17)18-8-14-6-7-14/h14H,6-8H2,1-5H3. The van der Waals surface area contributed by atoms with E-state index in [0.717, 1.165) is 40.7 Å². The van der Waals surface area contributed by atoms with Crippen molar-refractivity contribution in [1.82, 2.24) is 0 Å². The molecular weight excluding hydrogens is 260 g/mol. The van der Waals surface area contributed by atoms with Crippen LogP contribution in [0.4, 0.5) is 0 Å². The van der Waals surface area contributed by atoms with Gasteiger partial charge in [-0.3, -0.25) is 4.18 Å². The first-order valence-electron chi connectivity index (χ1n) is 6.72. The minimum absolute atomic E-state index is 0.327. The summed E-state index contributed by atoms with van der Waals surface area (Å²) in [5, 5.41) is 0. The molecular formula is C15H22O3S. The number of benzene rings is 1. The zero-order valence-corrected chi connectivity index (χ0v) is 13.1. The number of rotatable bonds is 4. The minimum Gasteiger partial charge on any atom is -0.266 e. The topological polar surface area (TPSA) is 43.4 Å². The fourth-order valence-electron chi connectivity index (χ4n) is 2.37. The zero-order chi connectivity index (χ0) is 14.4. The van der Waals surface area contributed by atoms with E-state index in [-0.39, 0.29) is 0 Å². The van der Waals surface area contributed by atoms with E-state index in [1.165, 1.54) is 0 Å². The van der Waals surface area contributed by atoms with Gasteiger partial charge in [-0.25, -0.2) is 0 Å². The second kappa shape index (κ2) is 4.91. The number of hydrogen-bond donors (Lipinski definition) is 0. The van der Waals surface area contributed by atoms with Crippen molar-refractivity contribution in [3.8, 4) is 0 Å². The Hall–Kier alpha value is -0.870. The molecule has 0 saturated heterocycles. The molecule has 1 aliphatic rings. The average molecular weight is 282 g/mol. The molecule has 0 bridgehead atoms. The van der Waals surface area contributed by atoms with Crippen molar-refractivity contribution in [3.05, 3.63) is 27.8 Å². The summed E-state index contributed by atoms with van der Waals surface area (Å²) >= 11 is 0. The normalized spacial score (nSPS) is 15.8. The molecule has 1 aromatic carbocycles. The highest BCUT2D eigenvalue weighted by molar-refractivity contribution is 7.86. The fraction of sp³-hybridized carbons (Fsp3) is 0.600. The maximum Gasteiger partial charge on any atom is 0.297 e. The van der Waals surface area contributed by atoms with Gasteiger partial charge >= 0.3 is 0 Å². The quantitative estimate of drug-likeness (QED) is 0.795. The van der Waals surface area contributed by atoms with E-state index in [4.69, 9.17) is 4.18 Å². The summed E-state index contributed by atoms with van der Waals surface area (Å²) in [6.45, 7) is 10.0.